The van der Waals surface area contributed by atoms with Crippen molar-refractivity contribution in [3.63, 3.8) is 0 Å². The van der Waals surface area contributed by atoms with E-state index in [1.165, 1.54) is 5.56 Å². The first kappa shape index (κ1) is 12.5. The van der Waals surface area contributed by atoms with E-state index in [0.29, 0.717) is 5.92 Å². The van der Waals surface area contributed by atoms with Gasteiger partial charge in [0.25, 0.3) is 0 Å². The van der Waals surface area contributed by atoms with Crippen LogP contribution in [0.5, 0.6) is 0 Å². The molecule has 0 saturated heterocycles. The summed E-state index contributed by atoms with van der Waals surface area (Å²) in [6, 6.07) is 5.93. The largest absolute Gasteiger partial charge is 0.395 e. The second-order valence-corrected chi connectivity index (χ2v) is 5.36. The summed E-state index contributed by atoms with van der Waals surface area (Å²) < 4.78 is 0. The van der Waals surface area contributed by atoms with Gasteiger partial charge in [-0.05, 0) is 29.2 Å². The van der Waals surface area contributed by atoms with Gasteiger partial charge in [0.1, 0.15) is 0 Å². The molecule has 0 aromatic heterocycles. The second kappa shape index (κ2) is 4.54. The third-order valence-corrected chi connectivity index (χ3v) is 3.00. The topological polar surface area (TPSA) is 20.2 Å². The molecular weight excluding hydrogens is 208 g/mol. The SMILES string of the molecule is CC(C)c1ccc(Cl)cc1C(C)(C)CO. The lowest BCUT2D eigenvalue weighted by atomic mass is 9.80. The number of halogens is 1. The Labute approximate surface area is 97.1 Å². The van der Waals surface area contributed by atoms with E-state index in [1.807, 2.05) is 26.0 Å². The van der Waals surface area contributed by atoms with Gasteiger partial charge in [0.2, 0.25) is 0 Å². The molecule has 0 bridgehead atoms. The van der Waals surface area contributed by atoms with Crippen molar-refractivity contribution < 1.29 is 5.11 Å². The predicted octanol–water partition coefficient (Wildman–Crippen LogP) is 3.73. The van der Waals surface area contributed by atoms with Crippen LogP contribution in [0.4, 0.5) is 0 Å². The fourth-order valence-electron chi connectivity index (χ4n) is 1.70. The van der Waals surface area contributed by atoms with E-state index >= 15 is 0 Å². The van der Waals surface area contributed by atoms with Crippen LogP contribution in [0.1, 0.15) is 44.7 Å². The Balaban J connectivity index is 3.30. The third-order valence-electron chi connectivity index (χ3n) is 2.76. The molecule has 0 atom stereocenters. The Morgan fingerprint density at radius 3 is 2.40 bits per heavy atom. The van der Waals surface area contributed by atoms with Crippen molar-refractivity contribution in [3.05, 3.63) is 34.3 Å². The average molecular weight is 227 g/mol. The van der Waals surface area contributed by atoms with E-state index in [4.69, 9.17) is 11.6 Å². The smallest absolute Gasteiger partial charge is 0.0522 e. The minimum Gasteiger partial charge on any atom is -0.395 e. The van der Waals surface area contributed by atoms with Gasteiger partial charge in [-0.15, -0.1) is 0 Å². The standard InChI is InChI=1S/C13H19ClO/c1-9(2)11-6-5-10(14)7-12(11)13(3,4)8-15/h5-7,9,15H,8H2,1-4H3. The molecule has 0 aliphatic heterocycles. The Morgan fingerprint density at radius 1 is 1.33 bits per heavy atom. The summed E-state index contributed by atoms with van der Waals surface area (Å²) in [6.07, 6.45) is 0. The molecule has 0 aliphatic rings. The van der Waals surface area contributed by atoms with E-state index in [9.17, 15) is 5.11 Å². The Bertz CT molecular complexity index is 342. The van der Waals surface area contributed by atoms with Crippen LogP contribution in [0, 0.1) is 0 Å². The zero-order chi connectivity index (χ0) is 11.6. The van der Waals surface area contributed by atoms with Gasteiger partial charge in [0.05, 0.1) is 6.61 Å². The summed E-state index contributed by atoms with van der Waals surface area (Å²) in [5.74, 6) is 0.447. The lowest BCUT2D eigenvalue weighted by Crippen LogP contribution is -2.24. The zero-order valence-corrected chi connectivity index (χ0v) is 10.6. The van der Waals surface area contributed by atoms with Crippen LogP contribution in [0.3, 0.4) is 0 Å². The zero-order valence-electron chi connectivity index (χ0n) is 9.84. The van der Waals surface area contributed by atoms with Crippen molar-refractivity contribution in [3.8, 4) is 0 Å². The maximum atomic E-state index is 9.40. The van der Waals surface area contributed by atoms with E-state index < -0.39 is 0 Å². The van der Waals surface area contributed by atoms with Gasteiger partial charge in [0, 0.05) is 10.4 Å². The van der Waals surface area contributed by atoms with Crippen molar-refractivity contribution in [2.24, 2.45) is 0 Å². The van der Waals surface area contributed by atoms with Gasteiger partial charge in [-0.2, -0.15) is 0 Å². The highest BCUT2D eigenvalue weighted by Gasteiger charge is 2.23. The highest BCUT2D eigenvalue weighted by Crippen LogP contribution is 2.32. The summed E-state index contributed by atoms with van der Waals surface area (Å²) in [7, 11) is 0. The number of aliphatic hydroxyl groups excluding tert-OH is 1. The fourth-order valence-corrected chi connectivity index (χ4v) is 1.88. The molecule has 15 heavy (non-hydrogen) atoms. The number of aliphatic hydroxyl groups is 1. The van der Waals surface area contributed by atoms with Gasteiger partial charge in [-0.25, -0.2) is 0 Å². The highest BCUT2D eigenvalue weighted by molar-refractivity contribution is 6.30. The van der Waals surface area contributed by atoms with Crippen LogP contribution in [-0.4, -0.2) is 11.7 Å². The van der Waals surface area contributed by atoms with Crippen molar-refractivity contribution in [1.29, 1.82) is 0 Å². The molecule has 84 valence electrons. The van der Waals surface area contributed by atoms with Gasteiger partial charge in [0.15, 0.2) is 0 Å². The minimum atomic E-state index is -0.232. The fraction of sp³-hybridized carbons (Fsp3) is 0.538. The number of hydrogen-bond acceptors (Lipinski definition) is 1. The first-order chi connectivity index (χ1) is 6.88. The molecule has 0 fully saturated rings. The van der Waals surface area contributed by atoms with E-state index in [2.05, 4.69) is 19.9 Å². The molecule has 0 unspecified atom stereocenters. The lowest BCUT2D eigenvalue weighted by molar-refractivity contribution is 0.217. The molecule has 0 amide bonds. The van der Waals surface area contributed by atoms with Crippen LogP contribution >= 0.6 is 11.6 Å². The van der Waals surface area contributed by atoms with Gasteiger partial charge < -0.3 is 5.11 Å². The molecule has 0 saturated carbocycles. The summed E-state index contributed by atoms with van der Waals surface area (Å²) >= 11 is 6.00. The summed E-state index contributed by atoms with van der Waals surface area (Å²) in [6.45, 7) is 8.50. The molecule has 0 spiro atoms. The Hall–Kier alpha value is -0.530. The van der Waals surface area contributed by atoms with E-state index in [0.717, 1.165) is 10.6 Å². The molecule has 2 heteroatoms. The van der Waals surface area contributed by atoms with Crippen molar-refractivity contribution in [1.82, 2.24) is 0 Å². The molecule has 1 aromatic rings. The quantitative estimate of drug-likeness (QED) is 0.833. The summed E-state index contributed by atoms with van der Waals surface area (Å²) in [4.78, 5) is 0. The molecule has 1 aromatic carbocycles. The Kier molecular flexibility index (Phi) is 3.80. The Morgan fingerprint density at radius 2 is 1.93 bits per heavy atom. The van der Waals surface area contributed by atoms with Crippen LogP contribution in [0.2, 0.25) is 5.02 Å². The number of hydrogen-bond donors (Lipinski definition) is 1. The molecule has 1 N–H and O–H groups in total. The number of benzene rings is 1. The normalized spacial score (nSPS) is 12.2. The lowest BCUT2D eigenvalue weighted by Gasteiger charge is -2.27. The molecule has 0 radical (unpaired) electrons. The second-order valence-electron chi connectivity index (χ2n) is 4.93. The summed E-state index contributed by atoms with van der Waals surface area (Å²) in [5, 5.41) is 10.1. The van der Waals surface area contributed by atoms with Crippen LogP contribution in [0.15, 0.2) is 18.2 Å². The van der Waals surface area contributed by atoms with Crippen molar-refractivity contribution >= 4 is 11.6 Å². The molecule has 1 nitrogen and oxygen atoms in total. The first-order valence-electron chi connectivity index (χ1n) is 5.29. The van der Waals surface area contributed by atoms with Crippen molar-refractivity contribution in [2.45, 2.75) is 39.0 Å². The first-order valence-corrected chi connectivity index (χ1v) is 5.67. The highest BCUT2D eigenvalue weighted by atomic mass is 35.5. The van der Waals surface area contributed by atoms with Gasteiger partial charge in [-0.1, -0.05) is 45.4 Å². The minimum absolute atomic E-state index is 0.132. The molecule has 0 heterocycles. The molecule has 1 rings (SSSR count). The number of rotatable bonds is 3. The third kappa shape index (κ3) is 2.73. The van der Waals surface area contributed by atoms with E-state index in [-0.39, 0.29) is 12.0 Å². The molecule has 0 aliphatic carbocycles. The van der Waals surface area contributed by atoms with Crippen molar-refractivity contribution in [2.75, 3.05) is 6.61 Å². The molecular formula is C13H19ClO. The summed E-state index contributed by atoms with van der Waals surface area (Å²) in [5.41, 5.74) is 2.18. The van der Waals surface area contributed by atoms with Gasteiger partial charge >= 0.3 is 0 Å². The van der Waals surface area contributed by atoms with Crippen LogP contribution in [-0.2, 0) is 5.41 Å². The van der Waals surface area contributed by atoms with Crippen LogP contribution in [0.25, 0.3) is 0 Å². The van der Waals surface area contributed by atoms with Crippen LogP contribution < -0.4 is 0 Å². The van der Waals surface area contributed by atoms with Gasteiger partial charge in [-0.3, -0.25) is 0 Å². The van der Waals surface area contributed by atoms with E-state index in [1.54, 1.807) is 0 Å². The maximum Gasteiger partial charge on any atom is 0.0522 e. The monoisotopic (exact) mass is 226 g/mol. The predicted molar refractivity (Wildman–Crippen MR) is 65.7 cm³/mol. The average Bonchev–Trinajstić information content (AvgIpc) is 2.17. The maximum absolute atomic E-state index is 9.40.